The van der Waals surface area contributed by atoms with E-state index in [2.05, 4.69) is 0 Å². The van der Waals surface area contributed by atoms with Crippen LogP contribution in [-0.2, 0) is 14.3 Å². The van der Waals surface area contributed by atoms with Crippen LogP contribution in [0.5, 0.6) is 0 Å². The van der Waals surface area contributed by atoms with E-state index in [0.29, 0.717) is 5.56 Å². The summed E-state index contributed by atoms with van der Waals surface area (Å²) in [5.41, 5.74) is 0.605. The first kappa shape index (κ1) is 16.0. The van der Waals surface area contributed by atoms with Gasteiger partial charge in [-0.2, -0.15) is 0 Å². The number of β-lactam (4-membered cyclic amide) rings is 1. The average Bonchev–Trinajstić information content (AvgIpc) is 3.00. The van der Waals surface area contributed by atoms with Crippen molar-refractivity contribution in [2.75, 3.05) is 0 Å². The zero-order valence-electron chi connectivity index (χ0n) is 13.5. The summed E-state index contributed by atoms with van der Waals surface area (Å²) in [6.45, 7) is 5.89. The van der Waals surface area contributed by atoms with E-state index in [1.807, 2.05) is 26.8 Å². The van der Waals surface area contributed by atoms with E-state index in [-0.39, 0.29) is 27.1 Å². The van der Waals surface area contributed by atoms with Gasteiger partial charge >= 0.3 is 5.97 Å². The van der Waals surface area contributed by atoms with Gasteiger partial charge < -0.3 is 9.64 Å². The second-order valence-corrected chi connectivity index (χ2v) is 9.65. The number of hydrogen-bond donors (Lipinski definition) is 0. The van der Waals surface area contributed by atoms with Crippen LogP contribution < -0.4 is 0 Å². The van der Waals surface area contributed by atoms with Gasteiger partial charge in [0.2, 0.25) is 11.0 Å². The molecule has 3 aliphatic heterocycles. The van der Waals surface area contributed by atoms with Gasteiger partial charge in [0.15, 0.2) is 5.44 Å². The van der Waals surface area contributed by atoms with E-state index >= 15 is 0 Å². The Morgan fingerprint density at radius 2 is 2.00 bits per heavy atom. The first-order valence-corrected chi connectivity index (χ1v) is 9.57. The maximum Gasteiger partial charge on any atom is 0.340 e. The summed E-state index contributed by atoms with van der Waals surface area (Å²) in [5, 5.41) is -0.0507. The SMILES string of the molecule is C[C@@H]1C(=O)N2[C@@H]1SC(C)(C)[C@@H]2C(=O)SC1OC(=O)c2ccccc21. The topological polar surface area (TPSA) is 63.7 Å². The van der Waals surface area contributed by atoms with Crippen molar-refractivity contribution in [3.05, 3.63) is 35.4 Å². The Labute approximate surface area is 148 Å². The molecule has 5 nitrogen and oxygen atoms in total. The average molecular weight is 363 g/mol. The molecule has 4 atom stereocenters. The Bertz CT molecular complexity index is 763. The lowest BCUT2D eigenvalue weighted by molar-refractivity contribution is -0.154. The Morgan fingerprint density at radius 3 is 2.75 bits per heavy atom. The molecule has 0 aliphatic carbocycles. The number of amides is 1. The normalized spacial score (nSPS) is 32.9. The zero-order valence-corrected chi connectivity index (χ0v) is 15.1. The van der Waals surface area contributed by atoms with E-state index in [4.69, 9.17) is 4.74 Å². The highest BCUT2D eigenvalue weighted by atomic mass is 32.2. The number of hydrogen-bond acceptors (Lipinski definition) is 6. The van der Waals surface area contributed by atoms with Crippen LogP contribution in [0, 0.1) is 5.92 Å². The predicted octanol–water partition coefficient (Wildman–Crippen LogP) is 2.81. The summed E-state index contributed by atoms with van der Waals surface area (Å²) < 4.78 is 5.00. The van der Waals surface area contributed by atoms with Crippen LogP contribution >= 0.6 is 23.5 Å². The lowest BCUT2D eigenvalue weighted by Gasteiger charge is -2.42. The molecule has 1 unspecified atom stereocenters. The smallest absolute Gasteiger partial charge is 0.340 e. The van der Waals surface area contributed by atoms with Crippen molar-refractivity contribution < 1.29 is 19.1 Å². The van der Waals surface area contributed by atoms with Gasteiger partial charge in [-0.15, -0.1) is 11.8 Å². The van der Waals surface area contributed by atoms with Crippen molar-refractivity contribution in [3.63, 3.8) is 0 Å². The van der Waals surface area contributed by atoms with Crippen LogP contribution in [0.1, 0.15) is 42.1 Å². The second kappa shape index (κ2) is 5.26. The maximum absolute atomic E-state index is 12.9. The highest BCUT2D eigenvalue weighted by Gasteiger charge is 2.62. The number of carbonyl (C=O) groups excluding carboxylic acids is 3. The molecular formula is C17H17NO4S2. The molecule has 3 aliphatic rings. The van der Waals surface area contributed by atoms with Gasteiger partial charge in [0.1, 0.15) is 6.04 Å². The molecule has 2 fully saturated rings. The Hall–Kier alpha value is -1.47. The molecule has 2 saturated heterocycles. The molecule has 0 spiro atoms. The van der Waals surface area contributed by atoms with Crippen molar-refractivity contribution in [3.8, 4) is 0 Å². The number of ether oxygens (including phenoxy) is 1. The van der Waals surface area contributed by atoms with Crippen LogP contribution in [-0.4, -0.2) is 38.1 Å². The third-order valence-electron chi connectivity index (χ3n) is 4.80. The van der Waals surface area contributed by atoms with Crippen LogP contribution in [0.3, 0.4) is 0 Å². The van der Waals surface area contributed by atoms with Crippen LogP contribution in [0.4, 0.5) is 0 Å². The molecule has 0 bridgehead atoms. The molecule has 7 heteroatoms. The van der Waals surface area contributed by atoms with Gasteiger partial charge in [-0.3, -0.25) is 9.59 Å². The minimum absolute atomic E-state index is 0.0286. The molecule has 126 valence electrons. The summed E-state index contributed by atoms with van der Waals surface area (Å²) in [6, 6.07) is 6.61. The van der Waals surface area contributed by atoms with E-state index in [0.717, 1.165) is 17.3 Å². The van der Waals surface area contributed by atoms with Gasteiger partial charge in [-0.1, -0.05) is 25.1 Å². The fraction of sp³-hybridized carbons (Fsp3) is 0.471. The number of benzene rings is 1. The standard InChI is InChI=1S/C17H17NO4S2/c1-8-12(19)18-11(17(2,3)24-13(8)18)15(21)23-16-10-7-5-4-6-9(10)14(20)22-16/h4-8,11,13,16H,1-3H3/t8-,11+,13-,16?/m1/s1. The summed E-state index contributed by atoms with van der Waals surface area (Å²) in [5.74, 6) is -0.412. The van der Waals surface area contributed by atoms with Crippen molar-refractivity contribution in [1.29, 1.82) is 0 Å². The Kier molecular flexibility index (Phi) is 3.51. The van der Waals surface area contributed by atoms with Crippen molar-refractivity contribution in [2.24, 2.45) is 5.92 Å². The monoisotopic (exact) mass is 363 g/mol. The molecule has 0 N–H and O–H groups in total. The fourth-order valence-corrected chi connectivity index (χ4v) is 6.47. The van der Waals surface area contributed by atoms with E-state index in [1.54, 1.807) is 34.9 Å². The fourth-order valence-electron chi connectivity index (χ4n) is 3.55. The highest BCUT2D eigenvalue weighted by Crippen LogP contribution is 2.55. The number of fused-ring (bicyclic) bond motifs is 2. The highest BCUT2D eigenvalue weighted by molar-refractivity contribution is 8.14. The van der Waals surface area contributed by atoms with Crippen molar-refractivity contribution in [2.45, 2.75) is 42.4 Å². The van der Waals surface area contributed by atoms with E-state index in [9.17, 15) is 14.4 Å². The lowest BCUT2D eigenvalue weighted by Crippen LogP contribution is -2.61. The molecule has 3 heterocycles. The van der Waals surface area contributed by atoms with Gasteiger partial charge in [0, 0.05) is 10.3 Å². The first-order chi connectivity index (χ1) is 11.3. The van der Waals surface area contributed by atoms with Crippen LogP contribution in [0.2, 0.25) is 0 Å². The molecule has 1 amide bonds. The first-order valence-electron chi connectivity index (χ1n) is 7.81. The number of esters is 1. The molecule has 0 radical (unpaired) electrons. The van der Waals surface area contributed by atoms with E-state index in [1.165, 1.54) is 0 Å². The van der Waals surface area contributed by atoms with Crippen LogP contribution in [0.25, 0.3) is 0 Å². The summed E-state index contributed by atoms with van der Waals surface area (Å²) in [7, 11) is 0. The minimum Gasteiger partial charge on any atom is -0.442 e. The van der Waals surface area contributed by atoms with Gasteiger partial charge in [0.25, 0.3) is 0 Å². The Morgan fingerprint density at radius 1 is 1.29 bits per heavy atom. The third-order valence-corrected chi connectivity index (χ3v) is 7.53. The number of thioether (sulfide) groups is 2. The van der Waals surface area contributed by atoms with Crippen LogP contribution in [0.15, 0.2) is 24.3 Å². The molecule has 24 heavy (non-hydrogen) atoms. The molecule has 4 rings (SSSR count). The van der Waals surface area contributed by atoms with Gasteiger partial charge in [-0.25, -0.2) is 4.79 Å². The van der Waals surface area contributed by atoms with Crippen molar-refractivity contribution in [1.82, 2.24) is 4.90 Å². The number of rotatable bonds is 2. The zero-order chi connectivity index (χ0) is 17.2. The number of cyclic esters (lactones) is 1. The maximum atomic E-state index is 12.9. The minimum atomic E-state index is -0.630. The summed E-state index contributed by atoms with van der Waals surface area (Å²) >= 11 is 2.68. The number of carbonyl (C=O) groups is 3. The predicted molar refractivity (Wildman–Crippen MR) is 92.5 cm³/mol. The van der Waals surface area contributed by atoms with E-state index < -0.39 is 17.4 Å². The Balaban J connectivity index is 1.57. The van der Waals surface area contributed by atoms with Gasteiger partial charge in [-0.05, 0) is 31.7 Å². The summed E-state index contributed by atoms with van der Waals surface area (Å²) in [6.07, 6.45) is 0. The molecule has 0 aromatic heterocycles. The second-order valence-electron chi connectivity index (χ2n) is 6.81. The quantitative estimate of drug-likeness (QED) is 0.595. The largest absolute Gasteiger partial charge is 0.442 e. The molecule has 0 saturated carbocycles. The number of nitrogens with zero attached hydrogens (tertiary/aromatic N) is 1. The molecule has 1 aromatic rings. The third kappa shape index (κ3) is 2.14. The summed E-state index contributed by atoms with van der Waals surface area (Å²) in [4.78, 5) is 38.8. The molecule has 1 aromatic carbocycles. The van der Waals surface area contributed by atoms with Crippen molar-refractivity contribution >= 4 is 40.5 Å². The molecular weight excluding hydrogens is 346 g/mol. The van der Waals surface area contributed by atoms with Gasteiger partial charge in [0.05, 0.1) is 16.9 Å². The lowest BCUT2D eigenvalue weighted by atomic mass is 9.94.